The van der Waals surface area contributed by atoms with E-state index in [-0.39, 0.29) is 5.91 Å². The molecule has 16 heavy (non-hydrogen) atoms. The Hall–Kier alpha value is -1.17. The number of nitrogens with zero attached hydrogens (tertiary/aromatic N) is 3. The van der Waals surface area contributed by atoms with Crippen molar-refractivity contribution in [2.45, 2.75) is 26.2 Å². The number of likely N-dealkylation sites (tertiary alicyclic amines) is 1. The fraction of sp³-hybridized carbons (Fsp3) is 0.700. The third-order valence-electron chi connectivity index (χ3n) is 2.60. The van der Waals surface area contributed by atoms with Crippen molar-refractivity contribution in [3.63, 3.8) is 0 Å². The molecule has 0 unspecified atom stereocenters. The molecule has 2 rings (SSSR count). The van der Waals surface area contributed by atoms with Gasteiger partial charge in [0.15, 0.2) is 0 Å². The molecule has 0 atom stereocenters. The van der Waals surface area contributed by atoms with Crippen molar-refractivity contribution < 1.29 is 4.79 Å². The van der Waals surface area contributed by atoms with Crippen LogP contribution in [0, 0.1) is 6.92 Å². The Bertz CT molecular complexity index is 359. The number of anilines is 1. The molecule has 2 heterocycles. The molecule has 0 aliphatic carbocycles. The van der Waals surface area contributed by atoms with E-state index in [0.29, 0.717) is 13.0 Å². The van der Waals surface area contributed by atoms with Crippen molar-refractivity contribution in [2.75, 3.05) is 25.0 Å². The fourth-order valence-corrected chi connectivity index (χ4v) is 2.39. The van der Waals surface area contributed by atoms with Crippen molar-refractivity contribution >= 4 is 22.4 Å². The van der Waals surface area contributed by atoms with Gasteiger partial charge in [-0.2, -0.15) is 0 Å². The molecule has 0 radical (unpaired) electrons. The minimum Gasteiger partial charge on any atom is -0.360 e. The maximum Gasteiger partial charge on any atom is 0.224 e. The van der Waals surface area contributed by atoms with E-state index in [1.54, 1.807) is 0 Å². The van der Waals surface area contributed by atoms with Gasteiger partial charge in [0.05, 0.1) is 0 Å². The zero-order valence-corrected chi connectivity index (χ0v) is 10.2. The lowest BCUT2D eigenvalue weighted by molar-refractivity contribution is -0.129. The van der Waals surface area contributed by atoms with Crippen LogP contribution in [0.2, 0.25) is 0 Å². The third kappa shape index (κ3) is 2.91. The Kier molecular flexibility index (Phi) is 3.71. The van der Waals surface area contributed by atoms with Crippen LogP contribution in [-0.2, 0) is 4.79 Å². The van der Waals surface area contributed by atoms with Gasteiger partial charge in [0.2, 0.25) is 11.0 Å². The molecule has 6 heteroatoms. The quantitative estimate of drug-likeness (QED) is 0.861. The predicted molar refractivity (Wildman–Crippen MR) is 63.6 cm³/mol. The van der Waals surface area contributed by atoms with Crippen LogP contribution in [0.25, 0.3) is 0 Å². The molecule has 88 valence electrons. The summed E-state index contributed by atoms with van der Waals surface area (Å²) in [5.41, 5.74) is 0. The number of carbonyl (C=O) groups excluding carboxylic acids is 1. The van der Waals surface area contributed by atoms with E-state index in [9.17, 15) is 4.79 Å². The van der Waals surface area contributed by atoms with Crippen LogP contribution in [0.5, 0.6) is 0 Å². The van der Waals surface area contributed by atoms with E-state index in [0.717, 1.165) is 36.1 Å². The first-order chi connectivity index (χ1) is 7.75. The minimum atomic E-state index is 0.242. The van der Waals surface area contributed by atoms with E-state index in [2.05, 4.69) is 15.5 Å². The van der Waals surface area contributed by atoms with Gasteiger partial charge in [-0.3, -0.25) is 4.79 Å². The van der Waals surface area contributed by atoms with E-state index in [1.807, 2.05) is 11.8 Å². The van der Waals surface area contributed by atoms with E-state index < -0.39 is 0 Å². The highest BCUT2D eigenvalue weighted by Crippen LogP contribution is 2.14. The SMILES string of the molecule is Cc1nnc(NCCC(=O)N2CCCC2)s1. The number of rotatable bonds is 4. The Labute approximate surface area is 98.9 Å². The second kappa shape index (κ2) is 5.25. The third-order valence-corrected chi connectivity index (χ3v) is 3.40. The average Bonchev–Trinajstić information content (AvgIpc) is 2.89. The van der Waals surface area contributed by atoms with Gasteiger partial charge in [0, 0.05) is 26.1 Å². The number of nitrogens with one attached hydrogen (secondary N) is 1. The van der Waals surface area contributed by atoms with Gasteiger partial charge in [-0.1, -0.05) is 11.3 Å². The average molecular weight is 240 g/mol. The van der Waals surface area contributed by atoms with Gasteiger partial charge in [0.1, 0.15) is 5.01 Å². The second-order valence-corrected chi connectivity index (χ2v) is 5.07. The van der Waals surface area contributed by atoms with Crippen molar-refractivity contribution in [2.24, 2.45) is 0 Å². The summed E-state index contributed by atoms with van der Waals surface area (Å²) in [6.07, 6.45) is 2.84. The molecule has 1 aliphatic rings. The van der Waals surface area contributed by atoms with Gasteiger partial charge in [0.25, 0.3) is 0 Å². The summed E-state index contributed by atoms with van der Waals surface area (Å²) in [7, 11) is 0. The maximum absolute atomic E-state index is 11.7. The summed E-state index contributed by atoms with van der Waals surface area (Å²) in [5.74, 6) is 0.242. The lowest BCUT2D eigenvalue weighted by Gasteiger charge is -2.14. The molecule has 5 nitrogen and oxygen atoms in total. The molecule has 1 fully saturated rings. The predicted octanol–water partition coefficient (Wildman–Crippen LogP) is 1.27. The summed E-state index contributed by atoms with van der Waals surface area (Å²) in [4.78, 5) is 13.6. The van der Waals surface area contributed by atoms with Crippen LogP contribution >= 0.6 is 11.3 Å². The summed E-state index contributed by atoms with van der Waals surface area (Å²) >= 11 is 1.51. The Morgan fingerprint density at radius 3 is 2.81 bits per heavy atom. The molecule has 0 bridgehead atoms. The van der Waals surface area contributed by atoms with E-state index >= 15 is 0 Å². The zero-order valence-electron chi connectivity index (χ0n) is 9.40. The number of hydrogen-bond donors (Lipinski definition) is 1. The minimum absolute atomic E-state index is 0.242. The first kappa shape index (κ1) is 11.3. The van der Waals surface area contributed by atoms with Crippen LogP contribution in [-0.4, -0.2) is 40.6 Å². The normalized spacial score (nSPS) is 15.4. The number of carbonyl (C=O) groups is 1. The van der Waals surface area contributed by atoms with Crippen molar-refractivity contribution in [3.8, 4) is 0 Å². The highest BCUT2D eigenvalue weighted by atomic mass is 32.1. The molecular formula is C10H16N4OS. The standard InChI is InChI=1S/C10H16N4OS/c1-8-12-13-10(16-8)11-5-4-9(15)14-6-2-3-7-14/h2-7H2,1H3,(H,11,13). The van der Waals surface area contributed by atoms with Crippen LogP contribution in [0.3, 0.4) is 0 Å². The second-order valence-electron chi connectivity index (χ2n) is 3.89. The number of hydrogen-bond acceptors (Lipinski definition) is 5. The number of aryl methyl sites for hydroxylation is 1. The molecule has 1 saturated heterocycles. The first-order valence-corrected chi connectivity index (χ1v) is 6.39. The topological polar surface area (TPSA) is 58.1 Å². The maximum atomic E-state index is 11.7. The molecule has 1 amide bonds. The Morgan fingerprint density at radius 1 is 1.44 bits per heavy atom. The van der Waals surface area contributed by atoms with Crippen LogP contribution in [0.4, 0.5) is 5.13 Å². The molecule has 1 aromatic rings. The summed E-state index contributed by atoms with van der Waals surface area (Å²) < 4.78 is 0. The molecule has 0 spiro atoms. The van der Waals surface area contributed by atoms with Crippen molar-refractivity contribution in [1.29, 1.82) is 0 Å². The van der Waals surface area contributed by atoms with Crippen LogP contribution in [0.15, 0.2) is 0 Å². The largest absolute Gasteiger partial charge is 0.360 e. The van der Waals surface area contributed by atoms with E-state index in [1.165, 1.54) is 11.3 Å². The monoisotopic (exact) mass is 240 g/mol. The molecule has 0 saturated carbocycles. The number of aromatic nitrogens is 2. The summed E-state index contributed by atoms with van der Waals surface area (Å²) in [6, 6.07) is 0. The lowest BCUT2D eigenvalue weighted by Crippen LogP contribution is -2.29. The molecule has 1 N–H and O–H groups in total. The van der Waals surface area contributed by atoms with Gasteiger partial charge in [-0.05, 0) is 19.8 Å². The Balaban J connectivity index is 1.69. The van der Waals surface area contributed by atoms with Gasteiger partial charge < -0.3 is 10.2 Å². The smallest absolute Gasteiger partial charge is 0.224 e. The van der Waals surface area contributed by atoms with Gasteiger partial charge in [-0.15, -0.1) is 10.2 Å². The lowest BCUT2D eigenvalue weighted by atomic mass is 10.3. The highest BCUT2D eigenvalue weighted by Gasteiger charge is 2.17. The van der Waals surface area contributed by atoms with Gasteiger partial charge in [-0.25, -0.2) is 0 Å². The zero-order chi connectivity index (χ0) is 11.4. The molecule has 1 aliphatic heterocycles. The van der Waals surface area contributed by atoms with Crippen molar-refractivity contribution in [3.05, 3.63) is 5.01 Å². The highest BCUT2D eigenvalue weighted by molar-refractivity contribution is 7.15. The molecule has 1 aromatic heterocycles. The summed E-state index contributed by atoms with van der Waals surface area (Å²) in [5, 5.41) is 12.7. The molecule has 0 aromatic carbocycles. The van der Waals surface area contributed by atoms with Crippen LogP contribution < -0.4 is 5.32 Å². The first-order valence-electron chi connectivity index (χ1n) is 5.57. The molecular weight excluding hydrogens is 224 g/mol. The number of amides is 1. The fourth-order valence-electron chi connectivity index (χ4n) is 1.77. The van der Waals surface area contributed by atoms with Crippen LogP contribution in [0.1, 0.15) is 24.3 Å². The van der Waals surface area contributed by atoms with Gasteiger partial charge >= 0.3 is 0 Å². The van der Waals surface area contributed by atoms with Crippen molar-refractivity contribution in [1.82, 2.24) is 15.1 Å². The van der Waals surface area contributed by atoms with E-state index in [4.69, 9.17) is 0 Å². The Morgan fingerprint density at radius 2 is 2.19 bits per heavy atom. The summed E-state index contributed by atoms with van der Waals surface area (Å²) in [6.45, 7) is 4.41.